The van der Waals surface area contributed by atoms with E-state index in [2.05, 4.69) is 20.8 Å². The van der Waals surface area contributed by atoms with Gasteiger partial charge in [-0.3, -0.25) is 9.59 Å². The molecule has 1 saturated heterocycles. The van der Waals surface area contributed by atoms with Crippen LogP contribution in [0.25, 0.3) is 11.5 Å². The minimum Gasteiger partial charge on any atom is -0.421 e. The maximum absolute atomic E-state index is 14.9. The molecule has 0 bridgehead atoms. The molecule has 2 aromatic carbocycles. The van der Waals surface area contributed by atoms with Crippen LogP contribution in [-0.2, 0) is 26.9 Å². The molecular formula is C25H24F4N4O4. The van der Waals surface area contributed by atoms with Crippen molar-refractivity contribution < 1.29 is 36.3 Å². The third-order valence-electron chi connectivity index (χ3n) is 5.90. The molecule has 1 fully saturated rings. The van der Waals surface area contributed by atoms with Gasteiger partial charge in [-0.1, -0.05) is 12.1 Å². The second-order valence-electron chi connectivity index (χ2n) is 8.62. The van der Waals surface area contributed by atoms with Crippen LogP contribution in [0.3, 0.4) is 0 Å². The Balaban J connectivity index is 1.49. The summed E-state index contributed by atoms with van der Waals surface area (Å²) < 4.78 is 65.8. The van der Waals surface area contributed by atoms with Crippen molar-refractivity contribution in [2.24, 2.45) is 0 Å². The van der Waals surface area contributed by atoms with Crippen molar-refractivity contribution in [3.63, 3.8) is 0 Å². The summed E-state index contributed by atoms with van der Waals surface area (Å²) in [7, 11) is 0. The molecule has 8 nitrogen and oxygen atoms in total. The number of carbonyl (C=O) groups excluding carboxylic acids is 2. The van der Waals surface area contributed by atoms with Gasteiger partial charge in [0, 0.05) is 37.2 Å². The summed E-state index contributed by atoms with van der Waals surface area (Å²) >= 11 is 0. The highest BCUT2D eigenvalue weighted by Gasteiger charge is 2.32. The number of carbonyl (C=O) groups is 2. The van der Waals surface area contributed by atoms with E-state index < -0.39 is 36.0 Å². The molecule has 2 atom stereocenters. The predicted molar refractivity (Wildman–Crippen MR) is 124 cm³/mol. The number of amides is 2. The van der Waals surface area contributed by atoms with E-state index in [1.807, 2.05) is 0 Å². The number of aryl methyl sites for hydroxylation is 1. The molecule has 1 aliphatic heterocycles. The van der Waals surface area contributed by atoms with Crippen molar-refractivity contribution in [2.45, 2.75) is 44.9 Å². The first-order valence-electron chi connectivity index (χ1n) is 11.5. The van der Waals surface area contributed by atoms with E-state index >= 15 is 0 Å². The van der Waals surface area contributed by atoms with Gasteiger partial charge in [0.2, 0.25) is 23.6 Å². The lowest BCUT2D eigenvalue weighted by molar-refractivity contribution is -0.137. The molecule has 2 amide bonds. The Morgan fingerprint density at radius 3 is 2.65 bits per heavy atom. The Morgan fingerprint density at radius 2 is 2.00 bits per heavy atom. The predicted octanol–water partition coefficient (Wildman–Crippen LogP) is 4.39. The second-order valence-corrected chi connectivity index (χ2v) is 8.62. The number of hydrogen-bond donors (Lipinski definition) is 2. The van der Waals surface area contributed by atoms with Gasteiger partial charge in [0.05, 0.1) is 12.0 Å². The molecule has 196 valence electrons. The van der Waals surface area contributed by atoms with Gasteiger partial charge in [-0.2, -0.15) is 13.2 Å². The maximum atomic E-state index is 14.9. The molecule has 0 aliphatic carbocycles. The Kier molecular flexibility index (Phi) is 7.58. The molecule has 3 aromatic rings. The number of ether oxygens (including phenoxy) is 1. The number of anilines is 1. The van der Waals surface area contributed by atoms with Crippen LogP contribution in [0, 0.1) is 12.7 Å². The van der Waals surface area contributed by atoms with Crippen molar-refractivity contribution in [3.8, 4) is 11.5 Å². The van der Waals surface area contributed by atoms with Gasteiger partial charge < -0.3 is 19.8 Å². The average molecular weight is 520 g/mol. The first kappa shape index (κ1) is 26.3. The molecule has 2 unspecified atom stereocenters. The van der Waals surface area contributed by atoms with Crippen LogP contribution in [0.2, 0.25) is 0 Å². The molecule has 0 spiro atoms. The van der Waals surface area contributed by atoms with Crippen LogP contribution >= 0.6 is 0 Å². The van der Waals surface area contributed by atoms with Gasteiger partial charge in [-0.15, -0.1) is 10.2 Å². The summed E-state index contributed by atoms with van der Waals surface area (Å²) in [5, 5.41) is 12.5. The molecule has 1 aliphatic rings. The van der Waals surface area contributed by atoms with Crippen molar-refractivity contribution in [3.05, 3.63) is 64.8 Å². The van der Waals surface area contributed by atoms with E-state index in [-0.39, 0.29) is 40.4 Å². The monoisotopic (exact) mass is 520 g/mol. The third kappa shape index (κ3) is 6.31. The number of hydrogen-bond acceptors (Lipinski definition) is 6. The van der Waals surface area contributed by atoms with Crippen molar-refractivity contribution in [2.75, 3.05) is 18.5 Å². The van der Waals surface area contributed by atoms with Gasteiger partial charge in [-0.05, 0) is 48.7 Å². The van der Waals surface area contributed by atoms with E-state index in [0.717, 1.165) is 12.1 Å². The number of aromatic nitrogens is 2. The zero-order valence-electron chi connectivity index (χ0n) is 20.0. The number of halogens is 4. The zero-order valence-corrected chi connectivity index (χ0v) is 20.0. The van der Waals surface area contributed by atoms with Crippen LogP contribution in [0.5, 0.6) is 0 Å². The highest BCUT2D eigenvalue weighted by Crippen LogP contribution is 2.35. The van der Waals surface area contributed by atoms with Crippen LogP contribution in [0.4, 0.5) is 23.2 Å². The number of nitrogens with one attached hydrogen (secondary N) is 2. The molecule has 2 heterocycles. The first-order valence-corrected chi connectivity index (χ1v) is 11.5. The van der Waals surface area contributed by atoms with Crippen molar-refractivity contribution >= 4 is 17.5 Å². The summed E-state index contributed by atoms with van der Waals surface area (Å²) in [6.45, 7) is 3.98. The number of rotatable bonds is 7. The smallest absolute Gasteiger partial charge is 0.416 e. The normalized spacial score (nSPS) is 17.9. The minimum absolute atomic E-state index is 0.0220. The zero-order chi connectivity index (χ0) is 26.7. The Labute approximate surface area is 209 Å². The number of alkyl halides is 3. The highest BCUT2D eigenvalue weighted by atomic mass is 19.4. The molecule has 37 heavy (non-hydrogen) atoms. The van der Waals surface area contributed by atoms with E-state index in [0.29, 0.717) is 25.1 Å². The van der Waals surface area contributed by atoms with Gasteiger partial charge >= 0.3 is 6.18 Å². The van der Waals surface area contributed by atoms with Gasteiger partial charge in [0.25, 0.3) is 0 Å². The third-order valence-corrected chi connectivity index (χ3v) is 5.90. The molecule has 4 rings (SSSR count). The van der Waals surface area contributed by atoms with Gasteiger partial charge in [-0.25, -0.2) is 4.39 Å². The minimum atomic E-state index is -4.69. The molecule has 12 heteroatoms. The highest BCUT2D eigenvalue weighted by molar-refractivity contribution is 5.93. The fourth-order valence-corrected chi connectivity index (χ4v) is 4.12. The van der Waals surface area contributed by atoms with Gasteiger partial charge in [0.1, 0.15) is 11.9 Å². The topological polar surface area (TPSA) is 106 Å². The Hall–Kier alpha value is -3.80. The number of benzene rings is 2. The molecule has 0 saturated carbocycles. The first-order chi connectivity index (χ1) is 17.5. The van der Waals surface area contributed by atoms with Crippen molar-refractivity contribution in [1.29, 1.82) is 0 Å². The maximum Gasteiger partial charge on any atom is 0.416 e. The molecule has 2 N–H and O–H groups in total. The van der Waals surface area contributed by atoms with Crippen LogP contribution in [0.1, 0.15) is 41.8 Å². The lowest BCUT2D eigenvalue weighted by Gasteiger charge is -2.29. The fourth-order valence-electron chi connectivity index (χ4n) is 4.12. The van der Waals surface area contributed by atoms with E-state index in [1.54, 1.807) is 13.0 Å². The van der Waals surface area contributed by atoms with Crippen LogP contribution in [-0.4, -0.2) is 41.3 Å². The lowest BCUT2D eigenvalue weighted by atomic mass is 9.89. The van der Waals surface area contributed by atoms with Crippen molar-refractivity contribution in [1.82, 2.24) is 15.5 Å². The fraction of sp³-hybridized carbons (Fsp3) is 0.360. The van der Waals surface area contributed by atoms with Crippen LogP contribution < -0.4 is 10.6 Å². The quantitative estimate of drug-likeness (QED) is 0.448. The Morgan fingerprint density at radius 1 is 1.22 bits per heavy atom. The summed E-state index contributed by atoms with van der Waals surface area (Å²) in [6, 6.07) is 7.30. The van der Waals surface area contributed by atoms with E-state index in [4.69, 9.17) is 9.15 Å². The summed E-state index contributed by atoms with van der Waals surface area (Å²) in [5.74, 6) is -1.68. The molecular weight excluding hydrogens is 496 g/mol. The van der Waals surface area contributed by atoms with Crippen LogP contribution in [0.15, 0.2) is 40.8 Å². The summed E-state index contributed by atoms with van der Waals surface area (Å²) in [6.07, 6.45) is -5.31. The lowest BCUT2D eigenvalue weighted by Crippen LogP contribution is -2.45. The standard InChI is InChI=1S/C25H24F4N4O4/c1-3-36-21-9-17(12-30-23(21)35)14-4-5-15(20(26)8-14)10-22(34)31-19-7-16(24-33-32-13(2)37-24)6-18(11-19)25(27,28)29/h4-8,11,17,21H,3,9-10,12H2,1-2H3,(H,30,35)(H,31,34). The van der Waals surface area contributed by atoms with E-state index in [1.165, 1.54) is 25.1 Å². The number of nitrogens with zero attached hydrogens (tertiary/aromatic N) is 2. The summed E-state index contributed by atoms with van der Waals surface area (Å²) in [5.41, 5.74) is -0.476. The largest absolute Gasteiger partial charge is 0.421 e. The number of piperidine rings is 1. The van der Waals surface area contributed by atoms with E-state index in [9.17, 15) is 27.2 Å². The Bertz CT molecular complexity index is 1310. The SMILES string of the molecule is CCOC1CC(c2ccc(CC(=O)Nc3cc(-c4nnc(C)o4)cc(C(F)(F)F)c3)c(F)c2)CNC1=O. The average Bonchev–Trinajstić information content (AvgIpc) is 3.27. The molecule has 0 radical (unpaired) electrons. The molecule has 1 aromatic heterocycles. The van der Waals surface area contributed by atoms with Gasteiger partial charge in [0.15, 0.2) is 0 Å². The second kappa shape index (κ2) is 10.7. The summed E-state index contributed by atoms with van der Waals surface area (Å²) in [4.78, 5) is 24.5.